The van der Waals surface area contributed by atoms with Crippen LogP contribution in [0.4, 0.5) is 0 Å². The molecule has 15 heavy (non-hydrogen) atoms. The van der Waals surface area contributed by atoms with Gasteiger partial charge in [-0.1, -0.05) is 38.2 Å². The van der Waals surface area contributed by atoms with Crippen LogP contribution in [-0.2, 0) is 0 Å². The minimum Gasteiger partial charge on any atom is -0.0995 e. The molecule has 0 amide bonds. The van der Waals surface area contributed by atoms with Gasteiger partial charge in [-0.3, -0.25) is 0 Å². The maximum Gasteiger partial charge on any atom is 0.00176 e. The number of hydrogen-bond acceptors (Lipinski definition) is 0. The molecular weight excluding hydrogens is 180 g/mol. The molecular formula is C15H22. The van der Waals surface area contributed by atoms with E-state index in [1.807, 2.05) is 0 Å². The number of fused-ring (bicyclic) bond motifs is 1. The van der Waals surface area contributed by atoms with E-state index in [4.69, 9.17) is 0 Å². The van der Waals surface area contributed by atoms with E-state index in [1.54, 1.807) is 5.57 Å². The summed E-state index contributed by atoms with van der Waals surface area (Å²) in [4.78, 5) is 0. The fourth-order valence-electron chi connectivity index (χ4n) is 4.70. The van der Waals surface area contributed by atoms with Crippen molar-refractivity contribution in [2.45, 2.75) is 39.5 Å². The Morgan fingerprint density at radius 3 is 2.67 bits per heavy atom. The Balaban J connectivity index is 1.95. The summed E-state index contributed by atoms with van der Waals surface area (Å²) in [5, 5.41) is 0. The summed E-state index contributed by atoms with van der Waals surface area (Å²) in [6.45, 7) is 13.4. The Morgan fingerprint density at radius 2 is 2.00 bits per heavy atom. The van der Waals surface area contributed by atoms with E-state index in [1.165, 1.54) is 31.3 Å². The molecule has 0 bridgehead atoms. The monoisotopic (exact) mass is 202 g/mol. The Kier molecular flexibility index (Phi) is 1.80. The van der Waals surface area contributed by atoms with Crippen LogP contribution in [0.5, 0.6) is 0 Å². The molecule has 0 saturated heterocycles. The van der Waals surface area contributed by atoms with Gasteiger partial charge in [0.05, 0.1) is 0 Å². The van der Waals surface area contributed by atoms with Gasteiger partial charge in [0.2, 0.25) is 0 Å². The Bertz CT molecular complexity index is 336. The summed E-state index contributed by atoms with van der Waals surface area (Å²) in [6, 6.07) is 0. The zero-order valence-corrected chi connectivity index (χ0v) is 10.1. The van der Waals surface area contributed by atoms with Gasteiger partial charge in [-0.25, -0.2) is 0 Å². The van der Waals surface area contributed by atoms with E-state index in [9.17, 15) is 0 Å². The number of allylic oxidation sites excluding steroid dienone is 2. The second-order valence-corrected chi connectivity index (χ2v) is 6.25. The van der Waals surface area contributed by atoms with Gasteiger partial charge in [0.25, 0.3) is 0 Å². The van der Waals surface area contributed by atoms with Crippen LogP contribution < -0.4 is 0 Å². The summed E-state index contributed by atoms with van der Waals surface area (Å²) >= 11 is 0. The molecule has 0 aromatic carbocycles. The average Bonchev–Trinajstić information content (AvgIpc) is 2.75. The molecule has 0 nitrogen and oxygen atoms in total. The van der Waals surface area contributed by atoms with Crippen molar-refractivity contribution in [3.05, 3.63) is 24.3 Å². The van der Waals surface area contributed by atoms with Gasteiger partial charge in [0.1, 0.15) is 0 Å². The average molecular weight is 202 g/mol. The highest BCUT2D eigenvalue weighted by Gasteiger charge is 2.72. The topological polar surface area (TPSA) is 0 Å². The number of rotatable bonds is 1. The van der Waals surface area contributed by atoms with E-state index in [2.05, 4.69) is 27.0 Å². The fourth-order valence-corrected chi connectivity index (χ4v) is 4.70. The second kappa shape index (κ2) is 2.78. The molecule has 0 aromatic rings. The van der Waals surface area contributed by atoms with Crippen LogP contribution in [-0.4, -0.2) is 0 Å². The quantitative estimate of drug-likeness (QED) is 0.559. The van der Waals surface area contributed by atoms with E-state index >= 15 is 0 Å². The van der Waals surface area contributed by atoms with Gasteiger partial charge in [-0.15, -0.1) is 0 Å². The van der Waals surface area contributed by atoms with Crippen molar-refractivity contribution in [2.24, 2.45) is 29.1 Å². The van der Waals surface area contributed by atoms with E-state index in [0.717, 1.165) is 23.7 Å². The molecule has 0 radical (unpaired) electrons. The molecule has 0 N–H and O–H groups in total. The molecule has 1 spiro atoms. The minimum atomic E-state index is 0.546. The van der Waals surface area contributed by atoms with Gasteiger partial charge in [-0.05, 0) is 49.4 Å². The minimum absolute atomic E-state index is 0.546. The predicted molar refractivity (Wildman–Crippen MR) is 64.5 cm³/mol. The standard InChI is InChI=1S/C15H22/c1-9(2)12-6-5-11(4)15-8-7-10(3)13(15)14(12)15/h9,12-14H,3-8H2,1-2H3/t12-,13+,14+,15-/m0/s1. The lowest BCUT2D eigenvalue weighted by Gasteiger charge is -2.32. The Morgan fingerprint density at radius 1 is 1.27 bits per heavy atom. The molecule has 82 valence electrons. The molecule has 3 rings (SSSR count). The smallest absolute Gasteiger partial charge is 0.00176 e. The van der Waals surface area contributed by atoms with Crippen LogP contribution in [0.15, 0.2) is 24.3 Å². The highest BCUT2D eigenvalue weighted by atomic mass is 14.8. The van der Waals surface area contributed by atoms with Crippen LogP contribution in [0.1, 0.15) is 39.5 Å². The lowest BCUT2D eigenvalue weighted by atomic mass is 9.72. The first-order valence-corrected chi connectivity index (χ1v) is 6.45. The summed E-state index contributed by atoms with van der Waals surface area (Å²) in [7, 11) is 0. The van der Waals surface area contributed by atoms with E-state index in [0.29, 0.717) is 5.41 Å². The molecule has 3 aliphatic carbocycles. The highest BCUT2D eigenvalue weighted by molar-refractivity contribution is 5.42. The van der Waals surface area contributed by atoms with Crippen molar-refractivity contribution >= 4 is 0 Å². The first-order chi connectivity index (χ1) is 7.09. The van der Waals surface area contributed by atoms with E-state index in [-0.39, 0.29) is 0 Å². The second-order valence-electron chi connectivity index (χ2n) is 6.25. The predicted octanol–water partition coefficient (Wildman–Crippen LogP) is 4.19. The Hall–Kier alpha value is -0.520. The zero-order valence-electron chi connectivity index (χ0n) is 10.1. The first-order valence-electron chi connectivity index (χ1n) is 6.45. The third-order valence-electron chi connectivity index (χ3n) is 5.45. The normalized spacial score (nSPS) is 48.1. The summed E-state index contributed by atoms with van der Waals surface area (Å²) < 4.78 is 0. The third kappa shape index (κ3) is 0.984. The van der Waals surface area contributed by atoms with Crippen molar-refractivity contribution in [1.82, 2.24) is 0 Å². The van der Waals surface area contributed by atoms with Gasteiger partial charge < -0.3 is 0 Å². The van der Waals surface area contributed by atoms with Crippen molar-refractivity contribution < 1.29 is 0 Å². The van der Waals surface area contributed by atoms with Crippen LogP contribution in [0.25, 0.3) is 0 Å². The van der Waals surface area contributed by atoms with Crippen molar-refractivity contribution in [3.8, 4) is 0 Å². The van der Waals surface area contributed by atoms with Crippen molar-refractivity contribution in [1.29, 1.82) is 0 Å². The largest absolute Gasteiger partial charge is 0.0995 e. The molecule has 0 heteroatoms. The molecule has 4 atom stereocenters. The highest BCUT2D eigenvalue weighted by Crippen LogP contribution is 2.78. The zero-order chi connectivity index (χ0) is 10.8. The van der Waals surface area contributed by atoms with Crippen LogP contribution in [0, 0.1) is 29.1 Å². The van der Waals surface area contributed by atoms with E-state index < -0.39 is 0 Å². The molecule has 0 heterocycles. The molecule has 0 aliphatic heterocycles. The molecule has 3 fully saturated rings. The van der Waals surface area contributed by atoms with Gasteiger partial charge >= 0.3 is 0 Å². The molecule has 0 unspecified atom stereocenters. The molecule has 3 saturated carbocycles. The lowest BCUT2D eigenvalue weighted by Crippen LogP contribution is -2.23. The number of hydrogen-bond donors (Lipinski definition) is 0. The molecule has 0 aromatic heterocycles. The van der Waals surface area contributed by atoms with Crippen LogP contribution in [0.2, 0.25) is 0 Å². The molecule has 3 aliphatic rings. The van der Waals surface area contributed by atoms with Crippen LogP contribution in [0.3, 0.4) is 0 Å². The van der Waals surface area contributed by atoms with Gasteiger partial charge in [0.15, 0.2) is 0 Å². The van der Waals surface area contributed by atoms with Crippen molar-refractivity contribution in [3.63, 3.8) is 0 Å². The lowest BCUT2D eigenvalue weighted by molar-refractivity contribution is 0.240. The maximum atomic E-state index is 4.36. The third-order valence-corrected chi connectivity index (χ3v) is 5.45. The maximum absolute atomic E-state index is 4.36. The van der Waals surface area contributed by atoms with Gasteiger partial charge in [-0.2, -0.15) is 0 Å². The first kappa shape index (κ1) is 9.69. The Labute approximate surface area is 93.5 Å². The summed E-state index contributed by atoms with van der Waals surface area (Å²) in [5.41, 5.74) is 3.64. The van der Waals surface area contributed by atoms with Crippen molar-refractivity contribution in [2.75, 3.05) is 0 Å². The summed E-state index contributed by atoms with van der Waals surface area (Å²) in [6.07, 6.45) is 5.30. The van der Waals surface area contributed by atoms with Gasteiger partial charge in [0, 0.05) is 5.41 Å². The SMILES string of the molecule is C=C1CC[C@@]23C(=C)CC[C@@H](C(C)C)[C@@H]2[C@@H]13. The fraction of sp³-hybridized carbons (Fsp3) is 0.733. The summed E-state index contributed by atoms with van der Waals surface area (Å²) in [5.74, 6) is 3.55. The van der Waals surface area contributed by atoms with Crippen LogP contribution >= 0.6 is 0 Å².